The summed E-state index contributed by atoms with van der Waals surface area (Å²) in [5, 5.41) is 9.81. The number of nitrogens with one attached hydrogen (secondary N) is 1. The second-order valence-corrected chi connectivity index (χ2v) is 8.16. The van der Waals surface area contributed by atoms with Gasteiger partial charge in [0.25, 0.3) is 5.91 Å². The van der Waals surface area contributed by atoms with Crippen LogP contribution in [0, 0.1) is 6.92 Å². The van der Waals surface area contributed by atoms with Crippen LogP contribution in [0.1, 0.15) is 33.4 Å². The van der Waals surface area contributed by atoms with Crippen molar-refractivity contribution in [1.82, 2.24) is 15.5 Å². The highest BCUT2D eigenvalue weighted by atomic mass is 32.2. The van der Waals surface area contributed by atoms with E-state index in [1.807, 2.05) is 43.3 Å². The van der Waals surface area contributed by atoms with E-state index in [1.54, 1.807) is 18.2 Å². The van der Waals surface area contributed by atoms with Crippen LogP contribution in [0.5, 0.6) is 0 Å². The van der Waals surface area contributed by atoms with Gasteiger partial charge in [-0.2, -0.15) is 0 Å². The van der Waals surface area contributed by atoms with Gasteiger partial charge in [-0.25, -0.2) is 8.42 Å². The molecule has 1 amide bonds. The number of aromatic nitrogens is 2. The fourth-order valence-corrected chi connectivity index (χ4v) is 3.01. The zero-order valence-corrected chi connectivity index (χ0v) is 15.7. The molecular formula is C19H19N3O4S. The Morgan fingerprint density at radius 2 is 1.85 bits per heavy atom. The van der Waals surface area contributed by atoms with Gasteiger partial charge in [0.1, 0.15) is 6.04 Å². The second-order valence-electron chi connectivity index (χ2n) is 6.26. The van der Waals surface area contributed by atoms with Crippen molar-refractivity contribution in [3.8, 4) is 0 Å². The number of hydrogen-bond acceptors (Lipinski definition) is 6. The first-order chi connectivity index (χ1) is 12.8. The lowest BCUT2D eigenvalue weighted by molar-refractivity contribution is 0.0929. The Morgan fingerprint density at radius 3 is 2.48 bits per heavy atom. The number of amides is 1. The number of aryl methyl sites for hydroxylation is 1. The fraction of sp³-hybridized carbons (Fsp3) is 0.211. The van der Waals surface area contributed by atoms with Gasteiger partial charge in [-0.3, -0.25) is 4.79 Å². The minimum absolute atomic E-state index is 0.0419. The number of benzene rings is 2. The van der Waals surface area contributed by atoms with E-state index in [2.05, 4.69) is 15.5 Å². The summed E-state index contributed by atoms with van der Waals surface area (Å²) in [6.07, 6.45) is 1.37. The van der Waals surface area contributed by atoms with Gasteiger partial charge in [0.15, 0.2) is 0 Å². The summed E-state index contributed by atoms with van der Waals surface area (Å²) in [5.41, 5.74) is 2.39. The van der Waals surface area contributed by atoms with Crippen LogP contribution in [0.2, 0.25) is 0 Å². The van der Waals surface area contributed by atoms with E-state index in [-0.39, 0.29) is 11.8 Å². The molecule has 0 fully saturated rings. The van der Waals surface area contributed by atoms with E-state index in [4.69, 9.17) is 4.42 Å². The van der Waals surface area contributed by atoms with Crippen molar-refractivity contribution in [1.29, 1.82) is 0 Å². The van der Waals surface area contributed by atoms with Crippen molar-refractivity contribution in [2.75, 3.05) is 6.26 Å². The monoisotopic (exact) mass is 385 g/mol. The van der Waals surface area contributed by atoms with Gasteiger partial charge in [0.2, 0.25) is 15.7 Å². The molecule has 1 heterocycles. The highest BCUT2D eigenvalue weighted by molar-refractivity contribution is 7.90. The maximum atomic E-state index is 12.7. The summed E-state index contributed by atoms with van der Waals surface area (Å²) in [4.78, 5) is 12.7. The number of carbonyl (C=O) groups excluding carboxylic acids is 1. The molecule has 2 aromatic carbocycles. The Labute approximate surface area is 157 Å². The van der Waals surface area contributed by atoms with Gasteiger partial charge in [0.05, 0.1) is 0 Å². The standard InChI is InChI=1S/C19H19N3O4S/c1-13-7-6-10-15(11-13)17(23)20-16(12-14-8-4-3-5-9-14)18-21-22-19(26-18)27(2,24)25/h3-11,16H,12H2,1-2H3,(H,20,23)/t16-/m0/s1. The van der Waals surface area contributed by atoms with Crippen molar-refractivity contribution in [2.24, 2.45) is 0 Å². The first-order valence-electron chi connectivity index (χ1n) is 8.28. The van der Waals surface area contributed by atoms with Gasteiger partial charge in [-0.1, -0.05) is 53.1 Å². The molecule has 0 saturated carbocycles. The lowest BCUT2D eigenvalue weighted by Gasteiger charge is -2.15. The predicted octanol–water partition coefficient (Wildman–Crippen LogP) is 2.50. The Hall–Kier alpha value is -3.00. The van der Waals surface area contributed by atoms with E-state index in [0.29, 0.717) is 12.0 Å². The molecule has 0 bridgehead atoms. The highest BCUT2D eigenvalue weighted by Crippen LogP contribution is 2.20. The van der Waals surface area contributed by atoms with E-state index < -0.39 is 21.1 Å². The van der Waals surface area contributed by atoms with Crippen LogP contribution < -0.4 is 5.32 Å². The molecule has 1 aromatic heterocycles. The first-order valence-corrected chi connectivity index (χ1v) is 10.2. The molecule has 0 aliphatic rings. The molecule has 0 saturated heterocycles. The molecule has 3 aromatic rings. The summed E-state index contributed by atoms with van der Waals surface area (Å²) in [5.74, 6) is -0.265. The number of carbonyl (C=O) groups is 1. The van der Waals surface area contributed by atoms with Gasteiger partial charge in [-0.05, 0) is 24.6 Å². The van der Waals surface area contributed by atoms with Crippen LogP contribution in [-0.2, 0) is 16.3 Å². The van der Waals surface area contributed by atoms with Crippen molar-refractivity contribution in [2.45, 2.75) is 24.6 Å². The van der Waals surface area contributed by atoms with Crippen LogP contribution in [0.4, 0.5) is 0 Å². The maximum Gasteiger partial charge on any atom is 0.335 e. The Morgan fingerprint density at radius 1 is 1.11 bits per heavy atom. The van der Waals surface area contributed by atoms with Crippen LogP contribution in [0.15, 0.2) is 64.2 Å². The molecule has 0 spiro atoms. The molecule has 8 heteroatoms. The molecule has 1 atom stereocenters. The molecule has 140 valence electrons. The molecular weight excluding hydrogens is 366 g/mol. The molecule has 7 nitrogen and oxygen atoms in total. The summed E-state index contributed by atoms with van der Waals surface area (Å²) in [7, 11) is -3.63. The van der Waals surface area contributed by atoms with Crippen LogP contribution >= 0.6 is 0 Å². The third-order valence-electron chi connectivity index (χ3n) is 3.91. The topological polar surface area (TPSA) is 102 Å². The number of sulfone groups is 1. The Kier molecular flexibility index (Phi) is 5.36. The molecule has 1 N–H and O–H groups in total. The molecule has 3 rings (SSSR count). The van der Waals surface area contributed by atoms with Crippen molar-refractivity contribution in [3.05, 3.63) is 77.2 Å². The quantitative estimate of drug-likeness (QED) is 0.699. The second kappa shape index (κ2) is 7.71. The van der Waals surface area contributed by atoms with E-state index in [1.165, 1.54) is 0 Å². The lowest BCUT2D eigenvalue weighted by atomic mass is 10.0. The zero-order chi connectivity index (χ0) is 19.4. The summed E-state index contributed by atoms with van der Waals surface area (Å²) >= 11 is 0. The number of hydrogen-bond donors (Lipinski definition) is 1. The van der Waals surface area contributed by atoms with Gasteiger partial charge >= 0.3 is 5.22 Å². The Balaban J connectivity index is 1.90. The fourth-order valence-electron chi connectivity index (χ4n) is 2.59. The van der Waals surface area contributed by atoms with Crippen molar-refractivity contribution >= 4 is 15.7 Å². The SMILES string of the molecule is Cc1cccc(C(=O)N[C@@H](Cc2ccccc2)c2nnc(S(C)(=O)=O)o2)c1. The average Bonchev–Trinajstić information content (AvgIpc) is 3.12. The average molecular weight is 385 g/mol. The molecule has 0 aliphatic heterocycles. The van der Waals surface area contributed by atoms with Crippen LogP contribution in [-0.4, -0.2) is 30.8 Å². The van der Waals surface area contributed by atoms with Gasteiger partial charge in [0, 0.05) is 18.2 Å². The van der Waals surface area contributed by atoms with Gasteiger partial charge in [-0.15, -0.1) is 5.10 Å². The summed E-state index contributed by atoms with van der Waals surface area (Å²) in [6.45, 7) is 1.90. The summed E-state index contributed by atoms with van der Waals surface area (Å²) in [6, 6.07) is 16.0. The third kappa shape index (κ3) is 4.79. The lowest BCUT2D eigenvalue weighted by Crippen LogP contribution is -2.30. The van der Waals surface area contributed by atoms with E-state index >= 15 is 0 Å². The Bertz CT molecular complexity index is 1050. The first kappa shape index (κ1) is 18.8. The van der Waals surface area contributed by atoms with Gasteiger partial charge < -0.3 is 9.73 Å². The highest BCUT2D eigenvalue weighted by Gasteiger charge is 2.25. The molecule has 27 heavy (non-hydrogen) atoms. The molecule has 0 aliphatic carbocycles. The van der Waals surface area contributed by atoms with Crippen molar-refractivity contribution < 1.29 is 17.6 Å². The largest absolute Gasteiger partial charge is 0.410 e. The predicted molar refractivity (Wildman–Crippen MR) is 98.9 cm³/mol. The minimum Gasteiger partial charge on any atom is -0.410 e. The van der Waals surface area contributed by atoms with Crippen molar-refractivity contribution in [3.63, 3.8) is 0 Å². The van der Waals surface area contributed by atoms with E-state index in [0.717, 1.165) is 17.4 Å². The normalized spacial score (nSPS) is 12.5. The minimum atomic E-state index is -3.63. The zero-order valence-electron chi connectivity index (χ0n) is 14.9. The van der Waals surface area contributed by atoms with E-state index in [9.17, 15) is 13.2 Å². The molecule has 0 radical (unpaired) electrons. The van der Waals surface area contributed by atoms with Crippen LogP contribution in [0.3, 0.4) is 0 Å². The molecule has 0 unspecified atom stereocenters. The third-order valence-corrected chi connectivity index (χ3v) is 4.70. The smallest absolute Gasteiger partial charge is 0.335 e. The van der Waals surface area contributed by atoms with Crippen LogP contribution in [0.25, 0.3) is 0 Å². The number of rotatable bonds is 6. The maximum absolute atomic E-state index is 12.7. The summed E-state index contributed by atoms with van der Waals surface area (Å²) < 4.78 is 28.6. The number of nitrogens with zero attached hydrogens (tertiary/aromatic N) is 2.